The molecule has 0 bridgehead atoms. The number of aliphatic hydroxyl groups excluding tert-OH is 1. The lowest BCUT2D eigenvalue weighted by Crippen LogP contribution is -2.38. The van der Waals surface area contributed by atoms with E-state index in [4.69, 9.17) is 27.9 Å². The molecule has 0 amide bonds. The molecule has 2 atom stereocenters. The van der Waals surface area contributed by atoms with E-state index >= 15 is 0 Å². The van der Waals surface area contributed by atoms with Crippen molar-refractivity contribution in [1.29, 1.82) is 0 Å². The number of aromatic amines is 1. The van der Waals surface area contributed by atoms with Gasteiger partial charge in [0, 0.05) is 21.7 Å². The molecule has 4 aromatic rings. The third-order valence-electron chi connectivity index (χ3n) is 5.50. The summed E-state index contributed by atoms with van der Waals surface area (Å²) in [5.41, 5.74) is -0.0595. The van der Waals surface area contributed by atoms with Crippen LogP contribution in [-0.4, -0.2) is 31.9 Å². The van der Waals surface area contributed by atoms with Crippen molar-refractivity contribution in [3.63, 3.8) is 0 Å². The lowest BCUT2D eigenvalue weighted by atomic mass is 10.1. The van der Waals surface area contributed by atoms with Gasteiger partial charge in [-0.1, -0.05) is 35.3 Å². The maximum absolute atomic E-state index is 12.9. The third kappa shape index (κ3) is 5.15. The average molecular weight is 560 g/mol. The van der Waals surface area contributed by atoms with Crippen molar-refractivity contribution >= 4 is 44.8 Å². The molecule has 3 heterocycles. The fraction of sp³-hybridized carbons (Fsp3) is 0.261. The number of fused-ring (bicyclic) bond motifs is 1. The SMILES string of the molecule is Cc1c(-c2cnc(OC(C)c3ccc(Cl)cc3)c(Cl)c2)sc2c1c(=O)[nH]c(=O)n2C[C@@H](O)C(F)(F)F. The minimum Gasteiger partial charge on any atom is -0.469 e. The first-order valence-electron chi connectivity index (χ1n) is 10.5. The summed E-state index contributed by atoms with van der Waals surface area (Å²) in [6.07, 6.45) is -6.66. The summed E-state index contributed by atoms with van der Waals surface area (Å²) < 4.78 is 45.3. The topological polar surface area (TPSA) is 97.2 Å². The number of thiophene rings is 1. The van der Waals surface area contributed by atoms with Gasteiger partial charge in [0.1, 0.15) is 16.0 Å². The second-order valence-electron chi connectivity index (χ2n) is 7.99. The van der Waals surface area contributed by atoms with Crippen LogP contribution in [0.2, 0.25) is 10.0 Å². The largest absolute Gasteiger partial charge is 0.469 e. The monoisotopic (exact) mass is 559 g/mol. The van der Waals surface area contributed by atoms with Crippen LogP contribution in [0.5, 0.6) is 5.88 Å². The van der Waals surface area contributed by atoms with Gasteiger partial charge >= 0.3 is 11.9 Å². The molecular formula is C23H18Cl2F3N3O4S. The number of aliphatic hydroxyl groups is 1. The molecule has 0 saturated carbocycles. The number of hydrogen-bond acceptors (Lipinski definition) is 6. The first-order valence-corrected chi connectivity index (χ1v) is 12.0. The van der Waals surface area contributed by atoms with Crippen LogP contribution in [0.3, 0.4) is 0 Å². The number of nitrogens with one attached hydrogen (secondary N) is 1. The number of nitrogens with zero attached hydrogens (tertiary/aromatic N) is 2. The zero-order valence-electron chi connectivity index (χ0n) is 18.7. The molecule has 3 aromatic heterocycles. The van der Waals surface area contributed by atoms with Crippen LogP contribution in [0.15, 0.2) is 46.1 Å². The number of hydrogen-bond donors (Lipinski definition) is 2. The molecule has 1 unspecified atom stereocenters. The second-order valence-corrected chi connectivity index (χ2v) is 9.83. The van der Waals surface area contributed by atoms with Crippen LogP contribution < -0.4 is 16.0 Å². The van der Waals surface area contributed by atoms with Crippen LogP contribution >= 0.6 is 34.5 Å². The lowest BCUT2D eigenvalue weighted by molar-refractivity contribution is -0.207. The summed E-state index contributed by atoms with van der Waals surface area (Å²) in [5.74, 6) is 0.157. The van der Waals surface area contributed by atoms with Gasteiger partial charge in [-0.2, -0.15) is 13.2 Å². The zero-order chi connectivity index (χ0) is 26.4. The molecule has 36 heavy (non-hydrogen) atoms. The minimum atomic E-state index is -4.94. The molecule has 7 nitrogen and oxygen atoms in total. The fourth-order valence-corrected chi connectivity index (χ4v) is 5.23. The van der Waals surface area contributed by atoms with E-state index < -0.39 is 36.2 Å². The van der Waals surface area contributed by atoms with Crippen molar-refractivity contribution in [1.82, 2.24) is 14.5 Å². The first kappa shape index (κ1) is 26.2. The predicted octanol–water partition coefficient (Wildman–Crippen LogP) is 5.49. The van der Waals surface area contributed by atoms with E-state index in [-0.39, 0.29) is 21.1 Å². The normalized spacial score (nSPS) is 13.7. The van der Waals surface area contributed by atoms with Gasteiger partial charge < -0.3 is 9.84 Å². The maximum atomic E-state index is 12.9. The molecule has 0 spiro atoms. The van der Waals surface area contributed by atoms with Gasteiger partial charge in [0.15, 0.2) is 6.10 Å². The van der Waals surface area contributed by atoms with E-state index in [1.165, 1.54) is 6.20 Å². The number of alkyl halides is 3. The van der Waals surface area contributed by atoms with Crippen LogP contribution in [-0.2, 0) is 6.54 Å². The number of halogens is 5. The molecule has 2 N–H and O–H groups in total. The van der Waals surface area contributed by atoms with E-state index in [9.17, 15) is 27.9 Å². The maximum Gasteiger partial charge on any atom is 0.416 e. The van der Waals surface area contributed by atoms with Crippen molar-refractivity contribution < 1.29 is 23.0 Å². The minimum absolute atomic E-state index is 0.00707. The van der Waals surface area contributed by atoms with E-state index in [1.54, 1.807) is 25.1 Å². The van der Waals surface area contributed by atoms with E-state index in [0.717, 1.165) is 16.9 Å². The molecule has 0 aliphatic rings. The number of aryl methyl sites for hydroxylation is 1. The Labute approximate surface area is 215 Å². The number of benzene rings is 1. The van der Waals surface area contributed by atoms with E-state index in [1.807, 2.05) is 24.0 Å². The van der Waals surface area contributed by atoms with Crippen LogP contribution in [0, 0.1) is 6.92 Å². The van der Waals surface area contributed by atoms with Gasteiger partial charge in [-0.25, -0.2) is 9.78 Å². The summed E-state index contributed by atoms with van der Waals surface area (Å²) in [6.45, 7) is 2.34. The smallest absolute Gasteiger partial charge is 0.416 e. The summed E-state index contributed by atoms with van der Waals surface area (Å²) in [7, 11) is 0. The molecule has 0 saturated heterocycles. The van der Waals surface area contributed by atoms with Crippen LogP contribution in [0.4, 0.5) is 13.2 Å². The Hall–Kier alpha value is -2.86. The third-order valence-corrected chi connectivity index (χ3v) is 7.38. The highest BCUT2D eigenvalue weighted by molar-refractivity contribution is 7.22. The Morgan fingerprint density at radius 2 is 1.89 bits per heavy atom. The summed E-state index contributed by atoms with van der Waals surface area (Å²) in [5, 5.41) is 10.3. The molecule has 0 radical (unpaired) electrons. The molecule has 13 heteroatoms. The Morgan fingerprint density at radius 3 is 2.50 bits per heavy atom. The van der Waals surface area contributed by atoms with Crippen molar-refractivity contribution in [2.45, 2.75) is 38.8 Å². The van der Waals surface area contributed by atoms with E-state index in [0.29, 0.717) is 25.6 Å². The predicted molar refractivity (Wildman–Crippen MR) is 132 cm³/mol. The highest BCUT2D eigenvalue weighted by Crippen LogP contribution is 2.39. The van der Waals surface area contributed by atoms with Crippen molar-refractivity contribution in [2.75, 3.05) is 0 Å². The second kappa shape index (κ2) is 9.89. The van der Waals surface area contributed by atoms with Gasteiger partial charge in [0.2, 0.25) is 5.88 Å². The molecule has 0 aliphatic carbocycles. The number of rotatable bonds is 6. The van der Waals surface area contributed by atoms with Crippen molar-refractivity contribution in [3.8, 4) is 16.3 Å². The Kier molecular flexibility index (Phi) is 7.20. The van der Waals surface area contributed by atoms with Gasteiger partial charge in [0.25, 0.3) is 5.56 Å². The number of pyridine rings is 1. The zero-order valence-corrected chi connectivity index (χ0v) is 21.0. The van der Waals surface area contributed by atoms with Gasteiger partial charge in [-0.15, -0.1) is 11.3 Å². The Balaban J connectivity index is 1.72. The lowest BCUT2D eigenvalue weighted by Gasteiger charge is -2.16. The molecular weight excluding hydrogens is 542 g/mol. The van der Waals surface area contributed by atoms with Crippen molar-refractivity contribution in [3.05, 3.63) is 78.5 Å². The van der Waals surface area contributed by atoms with Gasteiger partial charge in [-0.05, 0) is 43.2 Å². The molecule has 0 fully saturated rings. The molecule has 4 rings (SSSR count). The standard InChI is InChI=1S/C23H18Cl2F3N3O4S/c1-10-17-19(33)30-22(34)31(9-16(32)23(26,27)28)21(17)36-18(10)13-7-15(25)20(29-8-13)35-11(2)12-3-5-14(24)6-4-12/h3-8,11,16,32H,9H2,1-2H3,(H,30,33,34)/t11?,16-/m1/s1. The van der Waals surface area contributed by atoms with Gasteiger partial charge in [0.05, 0.1) is 11.9 Å². The van der Waals surface area contributed by atoms with Crippen LogP contribution in [0.1, 0.15) is 24.2 Å². The van der Waals surface area contributed by atoms with Crippen LogP contribution in [0.25, 0.3) is 20.7 Å². The highest BCUT2D eigenvalue weighted by Gasteiger charge is 2.39. The molecule has 1 aromatic carbocycles. The summed E-state index contributed by atoms with van der Waals surface area (Å²) >= 11 is 13.2. The van der Waals surface area contributed by atoms with E-state index in [2.05, 4.69) is 4.98 Å². The number of aromatic nitrogens is 3. The highest BCUT2D eigenvalue weighted by atomic mass is 35.5. The number of H-pyrrole nitrogens is 1. The molecule has 190 valence electrons. The Morgan fingerprint density at radius 1 is 1.22 bits per heavy atom. The summed E-state index contributed by atoms with van der Waals surface area (Å²) in [6, 6.07) is 8.63. The van der Waals surface area contributed by atoms with Gasteiger partial charge in [-0.3, -0.25) is 14.3 Å². The quantitative estimate of drug-likeness (QED) is 0.325. The Bertz CT molecular complexity index is 1550. The molecule has 0 aliphatic heterocycles. The first-order chi connectivity index (χ1) is 16.9. The fourth-order valence-electron chi connectivity index (χ4n) is 3.60. The average Bonchev–Trinajstić information content (AvgIpc) is 3.15. The summed E-state index contributed by atoms with van der Waals surface area (Å²) in [4.78, 5) is 31.5. The van der Waals surface area contributed by atoms with Crippen molar-refractivity contribution in [2.24, 2.45) is 0 Å². The number of ether oxygens (including phenoxy) is 1.